The Kier molecular flexibility index (Phi) is 6.01. The second-order valence-corrected chi connectivity index (χ2v) is 7.65. The summed E-state index contributed by atoms with van der Waals surface area (Å²) < 4.78 is 0. The monoisotopic (exact) mass is 383 g/mol. The van der Waals surface area contributed by atoms with E-state index in [1.165, 1.54) is 12.4 Å². The van der Waals surface area contributed by atoms with Crippen molar-refractivity contribution in [2.24, 2.45) is 5.41 Å². The molecule has 1 N–H and O–H groups in total. The van der Waals surface area contributed by atoms with Crippen molar-refractivity contribution < 1.29 is 14.4 Å². The van der Waals surface area contributed by atoms with Crippen LogP contribution in [0, 0.1) is 5.41 Å². The Morgan fingerprint density at radius 3 is 2.18 bits per heavy atom. The first kappa shape index (κ1) is 19.9. The Bertz CT molecular complexity index is 810. The molecule has 8 nitrogen and oxygen atoms in total. The molecule has 0 saturated carbocycles. The summed E-state index contributed by atoms with van der Waals surface area (Å²) in [6, 6.07) is 9.59. The number of aromatic nitrogens is 2. The molecule has 1 aliphatic heterocycles. The Labute approximate surface area is 164 Å². The molecule has 1 aliphatic rings. The zero-order valence-corrected chi connectivity index (χ0v) is 16.4. The van der Waals surface area contributed by atoms with Gasteiger partial charge in [-0.05, 0) is 20.8 Å². The number of piperazine rings is 1. The molecular formula is C20H25N5O3. The number of carbonyl (C=O) groups excluding carboxylic acids is 2. The Hall–Kier alpha value is -2.84. The van der Waals surface area contributed by atoms with Gasteiger partial charge in [0, 0.05) is 44.1 Å². The van der Waals surface area contributed by atoms with Crippen molar-refractivity contribution in [3.05, 3.63) is 48.3 Å². The highest BCUT2D eigenvalue weighted by Crippen LogP contribution is 2.17. The molecule has 0 bridgehead atoms. The van der Waals surface area contributed by atoms with Gasteiger partial charge < -0.3 is 4.84 Å². The van der Waals surface area contributed by atoms with E-state index in [-0.39, 0.29) is 11.9 Å². The average Bonchev–Trinajstić information content (AvgIpc) is 2.69. The third-order valence-corrected chi connectivity index (χ3v) is 4.27. The van der Waals surface area contributed by atoms with Crippen LogP contribution in [-0.4, -0.2) is 58.1 Å². The molecule has 1 aromatic heterocycles. The van der Waals surface area contributed by atoms with Crippen molar-refractivity contribution in [2.45, 2.75) is 20.8 Å². The molecule has 8 heteroatoms. The van der Waals surface area contributed by atoms with Gasteiger partial charge >= 0.3 is 5.97 Å². The molecule has 1 amide bonds. The molecular weight excluding hydrogens is 358 g/mol. The fourth-order valence-electron chi connectivity index (χ4n) is 2.54. The number of nitrogens with zero attached hydrogens (tertiary/aromatic N) is 4. The molecule has 2 heterocycles. The van der Waals surface area contributed by atoms with Crippen LogP contribution in [0.1, 0.15) is 31.1 Å². The first-order valence-electron chi connectivity index (χ1n) is 9.24. The minimum absolute atomic E-state index is 0.263. The summed E-state index contributed by atoms with van der Waals surface area (Å²) in [5, 5.41) is 3.43. The summed E-state index contributed by atoms with van der Waals surface area (Å²) in [4.78, 5) is 38.3. The van der Waals surface area contributed by atoms with Crippen LogP contribution in [0.4, 0.5) is 0 Å². The highest BCUT2D eigenvalue weighted by Gasteiger charge is 2.28. The highest BCUT2D eigenvalue weighted by atomic mass is 16.7. The van der Waals surface area contributed by atoms with E-state index in [9.17, 15) is 9.59 Å². The van der Waals surface area contributed by atoms with E-state index >= 15 is 0 Å². The van der Waals surface area contributed by atoms with Crippen LogP contribution in [0.25, 0.3) is 11.4 Å². The van der Waals surface area contributed by atoms with Gasteiger partial charge in [-0.1, -0.05) is 30.3 Å². The lowest BCUT2D eigenvalue weighted by atomic mass is 9.98. The van der Waals surface area contributed by atoms with Gasteiger partial charge in [0.2, 0.25) is 0 Å². The van der Waals surface area contributed by atoms with E-state index in [0.29, 0.717) is 37.6 Å². The zero-order chi connectivity index (χ0) is 20.1. The number of hydrogen-bond acceptors (Lipinski definition) is 7. The maximum Gasteiger partial charge on any atom is 0.330 e. The van der Waals surface area contributed by atoms with Gasteiger partial charge in [-0.25, -0.2) is 19.8 Å². The Morgan fingerprint density at radius 1 is 1.00 bits per heavy atom. The lowest BCUT2D eigenvalue weighted by Crippen LogP contribution is -2.54. The van der Waals surface area contributed by atoms with Crippen LogP contribution in [0.3, 0.4) is 0 Å². The lowest BCUT2D eigenvalue weighted by molar-refractivity contribution is -0.207. The first-order valence-corrected chi connectivity index (χ1v) is 9.24. The van der Waals surface area contributed by atoms with Crippen molar-refractivity contribution in [2.75, 3.05) is 26.2 Å². The fraction of sp³-hybridized carbons (Fsp3) is 0.400. The molecule has 3 rings (SSSR count). The van der Waals surface area contributed by atoms with Crippen LogP contribution in [-0.2, 0) is 9.63 Å². The van der Waals surface area contributed by atoms with Crippen LogP contribution >= 0.6 is 0 Å². The number of nitrogens with one attached hydrogen (secondary N) is 1. The second kappa shape index (κ2) is 8.45. The zero-order valence-electron chi connectivity index (χ0n) is 16.4. The normalized spacial score (nSPS) is 15.8. The summed E-state index contributed by atoms with van der Waals surface area (Å²) in [5.74, 6) is 0.0480. The quantitative estimate of drug-likeness (QED) is 0.863. The maximum atomic E-state index is 12.4. The molecule has 28 heavy (non-hydrogen) atoms. The predicted molar refractivity (Wildman–Crippen MR) is 104 cm³/mol. The summed E-state index contributed by atoms with van der Waals surface area (Å²) in [7, 11) is 0. The van der Waals surface area contributed by atoms with Crippen molar-refractivity contribution >= 4 is 11.9 Å². The number of carbonyl (C=O) groups is 2. The van der Waals surface area contributed by atoms with Gasteiger partial charge in [0.25, 0.3) is 5.91 Å². The Balaban J connectivity index is 1.50. The molecule has 0 radical (unpaired) electrons. The van der Waals surface area contributed by atoms with E-state index in [0.717, 1.165) is 5.56 Å². The number of hydroxylamine groups is 2. The summed E-state index contributed by atoms with van der Waals surface area (Å²) in [5.41, 5.74) is 3.59. The molecule has 1 fully saturated rings. The first-order chi connectivity index (χ1) is 13.3. The third kappa shape index (κ3) is 5.11. The maximum absolute atomic E-state index is 12.4. The molecule has 0 atom stereocenters. The molecule has 1 saturated heterocycles. The fourth-order valence-corrected chi connectivity index (χ4v) is 2.54. The molecule has 1 aromatic carbocycles. The predicted octanol–water partition coefficient (Wildman–Crippen LogP) is 1.91. The summed E-state index contributed by atoms with van der Waals surface area (Å²) >= 11 is 0. The standard InChI is InChI=1S/C20H25N5O3/c1-20(2,3)19(27)28-25-11-9-24(10-12-25)23-18(26)16-13-21-17(22-14-16)15-7-5-4-6-8-15/h4-8,13-14H,9-12H2,1-3H3,(H,23,26). The third-order valence-electron chi connectivity index (χ3n) is 4.27. The van der Waals surface area contributed by atoms with Gasteiger partial charge in [0.05, 0.1) is 11.0 Å². The average molecular weight is 383 g/mol. The number of amides is 1. The Morgan fingerprint density at radius 2 is 1.61 bits per heavy atom. The minimum Gasteiger partial charge on any atom is -0.367 e. The van der Waals surface area contributed by atoms with Crippen LogP contribution < -0.4 is 5.43 Å². The van der Waals surface area contributed by atoms with E-state index in [4.69, 9.17) is 4.84 Å². The van der Waals surface area contributed by atoms with Crippen molar-refractivity contribution in [3.63, 3.8) is 0 Å². The van der Waals surface area contributed by atoms with Gasteiger partial charge in [0.1, 0.15) is 0 Å². The lowest BCUT2D eigenvalue weighted by Gasteiger charge is -2.34. The number of benzene rings is 1. The van der Waals surface area contributed by atoms with Crippen molar-refractivity contribution in [1.29, 1.82) is 0 Å². The molecule has 0 spiro atoms. The van der Waals surface area contributed by atoms with Gasteiger partial charge in [-0.3, -0.25) is 10.2 Å². The van der Waals surface area contributed by atoms with E-state index < -0.39 is 5.41 Å². The highest BCUT2D eigenvalue weighted by molar-refractivity contribution is 5.93. The molecule has 2 aromatic rings. The SMILES string of the molecule is CC(C)(C)C(=O)ON1CCN(NC(=O)c2cnc(-c3ccccc3)nc2)CC1. The summed E-state index contributed by atoms with van der Waals surface area (Å²) in [6.45, 7) is 7.58. The van der Waals surface area contributed by atoms with Crippen molar-refractivity contribution in [3.8, 4) is 11.4 Å². The topological polar surface area (TPSA) is 87.7 Å². The van der Waals surface area contributed by atoms with Crippen molar-refractivity contribution in [1.82, 2.24) is 25.5 Å². The molecule has 0 unspecified atom stereocenters. The summed E-state index contributed by atoms with van der Waals surface area (Å²) in [6.07, 6.45) is 3.04. The smallest absolute Gasteiger partial charge is 0.330 e. The van der Waals surface area contributed by atoms with E-state index in [2.05, 4.69) is 15.4 Å². The second-order valence-electron chi connectivity index (χ2n) is 7.65. The minimum atomic E-state index is -0.544. The van der Waals surface area contributed by atoms with Gasteiger partial charge in [0.15, 0.2) is 5.82 Å². The van der Waals surface area contributed by atoms with Crippen LogP contribution in [0.2, 0.25) is 0 Å². The van der Waals surface area contributed by atoms with Crippen LogP contribution in [0.15, 0.2) is 42.7 Å². The largest absolute Gasteiger partial charge is 0.367 e. The van der Waals surface area contributed by atoms with Crippen LogP contribution in [0.5, 0.6) is 0 Å². The van der Waals surface area contributed by atoms with Gasteiger partial charge in [-0.15, -0.1) is 5.06 Å². The number of hydrogen-bond donors (Lipinski definition) is 1. The molecule has 0 aliphatic carbocycles. The number of rotatable bonds is 4. The van der Waals surface area contributed by atoms with E-state index in [1.807, 2.05) is 51.1 Å². The number of hydrazine groups is 1. The van der Waals surface area contributed by atoms with E-state index in [1.54, 1.807) is 10.1 Å². The van der Waals surface area contributed by atoms with Gasteiger partial charge in [-0.2, -0.15) is 0 Å². The molecule has 148 valence electrons.